The molecule has 33 heavy (non-hydrogen) atoms. The molecule has 3 aromatic rings. The van der Waals surface area contributed by atoms with E-state index in [-0.39, 0.29) is 35.8 Å². The van der Waals surface area contributed by atoms with Crippen LogP contribution in [0.5, 0.6) is 0 Å². The minimum atomic E-state index is -1.30. The number of aromatic nitrogens is 3. The smallest absolute Gasteiger partial charge is 0.223 e. The summed E-state index contributed by atoms with van der Waals surface area (Å²) in [7, 11) is 0. The molecule has 1 saturated heterocycles. The maximum absolute atomic E-state index is 14.7. The molecular weight excluding hydrogens is 427 g/mol. The van der Waals surface area contributed by atoms with E-state index < -0.39 is 17.5 Å². The quantitative estimate of drug-likeness (QED) is 0.541. The van der Waals surface area contributed by atoms with E-state index in [1.807, 2.05) is 18.4 Å². The van der Waals surface area contributed by atoms with Crippen LogP contribution in [0.2, 0.25) is 0 Å². The first-order valence-corrected chi connectivity index (χ1v) is 11.0. The molecule has 2 aromatic heterocycles. The number of fused-ring (bicyclic) bond motifs is 1. The van der Waals surface area contributed by atoms with Gasteiger partial charge in [0.05, 0.1) is 36.1 Å². The fourth-order valence-electron chi connectivity index (χ4n) is 4.06. The fourth-order valence-corrected chi connectivity index (χ4v) is 4.06. The molecular formula is C24H29FN4O4. The van der Waals surface area contributed by atoms with Crippen molar-refractivity contribution in [1.29, 1.82) is 0 Å². The standard InChI is InChI=1S/C24H29FN4O4/c1-13(2)29-11-16(24(3,4)32)22(31)15-6-5-14(9-19(15)29)21-17(25)10-26-23(28-21)27-18-7-8-33-12-20(18)30/h5-6,9-11,13,18,20,30,32H,7-8,12H2,1-4H3,(H,26,27,28)/t18-,20-/m1/s1. The molecule has 0 saturated carbocycles. The lowest BCUT2D eigenvalue weighted by Crippen LogP contribution is -2.42. The fraction of sp³-hybridized carbons (Fsp3) is 0.458. The van der Waals surface area contributed by atoms with Gasteiger partial charge < -0.3 is 24.8 Å². The molecule has 176 valence electrons. The van der Waals surface area contributed by atoms with Gasteiger partial charge in [-0.25, -0.2) is 14.4 Å². The predicted octanol–water partition coefficient (Wildman–Crippen LogP) is 2.97. The number of halogens is 1. The van der Waals surface area contributed by atoms with E-state index in [1.165, 1.54) is 0 Å². The first kappa shape index (κ1) is 23.3. The van der Waals surface area contributed by atoms with Crippen molar-refractivity contribution in [3.05, 3.63) is 52.2 Å². The average molecular weight is 457 g/mol. The molecule has 0 unspecified atom stereocenters. The third-order valence-corrected chi connectivity index (χ3v) is 5.91. The molecule has 0 spiro atoms. The number of rotatable bonds is 5. The highest BCUT2D eigenvalue weighted by molar-refractivity contribution is 5.85. The molecule has 1 aliphatic heterocycles. The number of aliphatic hydroxyl groups excluding tert-OH is 1. The van der Waals surface area contributed by atoms with Crippen LogP contribution in [0, 0.1) is 5.82 Å². The Labute approximate surface area is 191 Å². The van der Waals surface area contributed by atoms with Gasteiger partial charge in [-0.2, -0.15) is 0 Å². The molecule has 2 atom stereocenters. The van der Waals surface area contributed by atoms with Crippen LogP contribution < -0.4 is 10.7 Å². The van der Waals surface area contributed by atoms with Gasteiger partial charge >= 0.3 is 0 Å². The Morgan fingerprint density at radius 2 is 2.09 bits per heavy atom. The normalized spacial score (nSPS) is 19.3. The molecule has 9 heteroatoms. The van der Waals surface area contributed by atoms with Gasteiger partial charge in [0, 0.05) is 35.4 Å². The van der Waals surface area contributed by atoms with Crippen molar-refractivity contribution in [2.75, 3.05) is 18.5 Å². The molecule has 0 amide bonds. The van der Waals surface area contributed by atoms with Crippen LogP contribution >= 0.6 is 0 Å². The summed E-state index contributed by atoms with van der Waals surface area (Å²) in [5.74, 6) is -0.393. The Morgan fingerprint density at radius 3 is 2.76 bits per heavy atom. The monoisotopic (exact) mass is 456 g/mol. The van der Waals surface area contributed by atoms with Gasteiger partial charge in [0.15, 0.2) is 11.2 Å². The van der Waals surface area contributed by atoms with Crippen LogP contribution in [-0.2, 0) is 10.3 Å². The van der Waals surface area contributed by atoms with Crippen molar-refractivity contribution < 1.29 is 19.3 Å². The van der Waals surface area contributed by atoms with Gasteiger partial charge in [-0.1, -0.05) is 6.07 Å². The third kappa shape index (κ3) is 4.62. The van der Waals surface area contributed by atoms with Gasteiger partial charge in [-0.05, 0) is 46.2 Å². The maximum atomic E-state index is 14.7. The number of nitrogens with one attached hydrogen (secondary N) is 1. The van der Waals surface area contributed by atoms with Crippen LogP contribution in [0.1, 0.15) is 45.7 Å². The van der Waals surface area contributed by atoms with Crippen LogP contribution in [0.25, 0.3) is 22.2 Å². The molecule has 3 N–H and O–H groups in total. The molecule has 0 bridgehead atoms. The maximum Gasteiger partial charge on any atom is 0.223 e. The number of pyridine rings is 1. The van der Waals surface area contributed by atoms with E-state index in [0.29, 0.717) is 35.1 Å². The molecule has 1 fully saturated rings. The van der Waals surface area contributed by atoms with Gasteiger partial charge in [0.2, 0.25) is 5.95 Å². The minimum Gasteiger partial charge on any atom is -0.389 e. The van der Waals surface area contributed by atoms with E-state index in [0.717, 1.165) is 6.20 Å². The number of hydrogen-bond acceptors (Lipinski definition) is 7. The zero-order valence-corrected chi connectivity index (χ0v) is 19.2. The minimum absolute atomic E-state index is 0.00747. The third-order valence-electron chi connectivity index (χ3n) is 5.91. The highest BCUT2D eigenvalue weighted by Gasteiger charge is 2.26. The van der Waals surface area contributed by atoms with E-state index in [1.54, 1.807) is 38.2 Å². The second kappa shape index (κ2) is 8.81. The number of hydrogen-bond donors (Lipinski definition) is 3. The van der Waals surface area contributed by atoms with Crippen molar-refractivity contribution in [2.45, 2.75) is 57.9 Å². The molecule has 0 aliphatic carbocycles. The predicted molar refractivity (Wildman–Crippen MR) is 124 cm³/mol. The van der Waals surface area contributed by atoms with Crippen LogP contribution in [-0.4, -0.2) is 50.1 Å². The van der Waals surface area contributed by atoms with E-state index in [2.05, 4.69) is 15.3 Å². The number of nitrogens with zero attached hydrogens (tertiary/aromatic N) is 3. The summed E-state index contributed by atoms with van der Waals surface area (Å²) >= 11 is 0. The molecule has 1 aliphatic rings. The Hall–Kier alpha value is -2.88. The summed E-state index contributed by atoms with van der Waals surface area (Å²) in [5, 5.41) is 24.1. The van der Waals surface area contributed by atoms with E-state index in [9.17, 15) is 19.4 Å². The van der Waals surface area contributed by atoms with Crippen molar-refractivity contribution in [2.24, 2.45) is 0 Å². The average Bonchev–Trinajstić information content (AvgIpc) is 2.75. The van der Waals surface area contributed by atoms with Crippen LogP contribution in [0.4, 0.5) is 10.3 Å². The summed E-state index contributed by atoms with van der Waals surface area (Å²) in [5.41, 5.74) is -0.0682. The number of ether oxygens (including phenoxy) is 1. The Morgan fingerprint density at radius 1 is 1.33 bits per heavy atom. The van der Waals surface area contributed by atoms with Gasteiger partial charge in [0.25, 0.3) is 0 Å². The second-order valence-electron chi connectivity index (χ2n) is 9.24. The van der Waals surface area contributed by atoms with Gasteiger partial charge in [-0.3, -0.25) is 4.79 Å². The lowest BCUT2D eigenvalue weighted by atomic mass is 9.96. The SMILES string of the molecule is CC(C)n1cc(C(C)(C)O)c(=O)c2ccc(-c3nc(N[C@@H]4CCOC[C@H]4O)ncc3F)cc21. The van der Waals surface area contributed by atoms with E-state index in [4.69, 9.17) is 4.74 Å². The Bertz CT molecular complexity index is 1240. The highest BCUT2D eigenvalue weighted by atomic mass is 19.1. The van der Waals surface area contributed by atoms with Crippen LogP contribution in [0.15, 0.2) is 35.4 Å². The summed E-state index contributed by atoms with van der Waals surface area (Å²) < 4.78 is 21.9. The summed E-state index contributed by atoms with van der Waals surface area (Å²) in [6, 6.07) is 4.70. The molecule has 0 radical (unpaired) electrons. The molecule has 4 rings (SSSR count). The number of anilines is 1. The summed E-state index contributed by atoms with van der Waals surface area (Å²) in [6.07, 6.45) is 2.63. The Balaban J connectivity index is 1.80. The van der Waals surface area contributed by atoms with E-state index >= 15 is 0 Å². The number of benzene rings is 1. The second-order valence-corrected chi connectivity index (χ2v) is 9.24. The molecule has 1 aromatic carbocycles. The van der Waals surface area contributed by atoms with Gasteiger partial charge in [0.1, 0.15) is 5.69 Å². The highest BCUT2D eigenvalue weighted by Crippen LogP contribution is 2.28. The van der Waals surface area contributed by atoms with Crippen LogP contribution in [0.3, 0.4) is 0 Å². The molecule has 3 heterocycles. The number of aliphatic hydroxyl groups is 2. The van der Waals surface area contributed by atoms with Crippen molar-refractivity contribution in [1.82, 2.24) is 14.5 Å². The topological polar surface area (TPSA) is 110 Å². The lowest BCUT2D eigenvalue weighted by Gasteiger charge is -2.28. The summed E-state index contributed by atoms with van der Waals surface area (Å²) in [6.45, 7) is 7.82. The first-order chi connectivity index (χ1) is 15.6. The zero-order valence-electron chi connectivity index (χ0n) is 19.2. The first-order valence-electron chi connectivity index (χ1n) is 11.0. The van der Waals surface area contributed by atoms with Crippen molar-refractivity contribution >= 4 is 16.9 Å². The lowest BCUT2D eigenvalue weighted by molar-refractivity contribution is -0.0136. The van der Waals surface area contributed by atoms with Crippen molar-refractivity contribution in [3.63, 3.8) is 0 Å². The zero-order chi connectivity index (χ0) is 23.9. The van der Waals surface area contributed by atoms with Gasteiger partial charge in [-0.15, -0.1) is 0 Å². The molecule has 8 nitrogen and oxygen atoms in total. The largest absolute Gasteiger partial charge is 0.389 e. The van der Waals surface area contributed by atoms with Crippen molar-refractivity contribution in [3.8, 4) is 11.3 Å². The Kier molecular flexibility index (Phi) is 6.22. The summed E-state index contributed by atoms with van der Waals surface area (Å²) in [4.78, 5) is 21.4.